The van der Waals surface area contributed by atoms with Crippen LogP contribution in [-0.2, 0) is 4.79 Å². The van der Waals surface area contributed by atoms with E-state index in [0.717, 1.165) is 25.8 Å². The van der Waals surface area contributed by atoms with Crippen LogP contribution in [0.5, 0.6) is 0 Å². The molecule has 0 aromatic heterocycles. The van der Waals surface area contributed by atoms with Gasteiger partial charge in [-0.05, 0) is 12.8 Å². The van der Waals surface area contributed by atoms with Gasteiger partial charge in [-0.1, -0.05) is 44.9 Å². The monoisotopic (exact) mass is 221 g/mol. The molecule has 84 valence electrons. The van der Waals surface area contributed by atoms with E-state index < -0.39 is 0 Å². The molecule has 0 spiro atoms. The maximum absolute atomic E-state index is 11.3. The predicted octanol–water partition coefficient (Wildman–Crippen LogP) is 0.134. The van der Waals surface area contributed by atoms with Gasteiger partial charge in [-0.25, -0.2) is 0 Å². The molecule has 0 unspecified atom stereocenters. The number of hydrogen-bond acceptors (Lipinski definition) is 1. The molecule has 1 fully saturated rings. The summed E-state index contributed by atoms with van der Waals surface area (Å²) >= 11 is 0. The second-order valence-electron chi connectivity index (χ2n) is 4.28. The Morgan fingerprint density at radius 2 is 1.27 bits per heavy atom. The largest absolute Gasteiger partial charge is 1.00 e. The molecule has 1 saturated heterocycles. The third kappa shape index (κ3) is 9.40. The Balaban J connectivity index is 0. The molecule has 1 aliphatic rings. The van der Waals surface area contributed by atoms with Crippen molar-refractivity contribution in [2.75, 3.05) is 6.54 Å². The number of rotatable bonds is 0. The quantitative estimate of drug-likeness (QED) is 0.579. The van der Waals surface area contributed by atoms with E-state index in [1.807, 2.05) is 0 Å². The topological polar surface area (TPSA) is 29.1 Å². The van der Waals surface area contributed by atoms with E-state index in [2.05, 4.69) is 5.32 Å². The van der Waals surface area contributed by atoms with Gasteiger partial charge in [0.05, 0.1) is 0 Å². The first-order valence-corrected chi connectivity index (χ1v) is 6.16. The van der Waals surface area contributed by atoms with Crippen LogP contribution in [0.15, 0.2) is 0 Å². The van der Waals surface area contributed by atoms with E-state index in [-0.39, 0.29) is 36.9 Å². The SMILES string of the molecule is O=C1CCCCCCCCCCCN1.[H-].[Na+]. The Morgan fingerprint density at radius 3 is 1.87 bits per heavy atom. The summed E-state index contributed by atoms with van der Waals surface area (Å²) in [5.41, 5.74) is 0. The molecular weight excluding hydrogens is 197 g/mol. The van der Waals surface area contributed by atoms with Crippen LogP contribution in [0.25, 0.3) is 0 Å². The van der Waals surface area contributed by atoms with Crippen LogP contribution >= 0.6 is 0 Å². The molecule has 0 radical (unpaired) electrons. The van der Waals surface area contributed by atoms with E-state index in [0.29, 0.717) is 0 Å². The van der Waals surface area contributed by atoms with Crippen molar-refractivity contribution in [3.63, 3.8) is 0 Å². The molecule has 0 atom stereocenters. The fraction of sp³-hybridized carbons (Fsp3) is 0.917. The molecule has 0 aromatic rings. The van der Waals surface area contributed by atoms with E-state index in [4.69, 9.17) is 0 Å². The van der Waals surface area contributed by atoms with Gasteiger partial charge in [0.15, 0.2) is 0 Å². The fourth-order valence-electron chi connectivity index (χ4n) is 1.96. The molecule has 0 aliphatic carbocycles. The predicted molar refractivity (Wildman–Crippen MR) is 60.3 cm³/mol. The summed E-state index contributed by atoms with van der Waals surface area (Å²) in [5, 5.41) is 2.98. The van der Waals surface area contributed by atoms with Crippen molar-refractivity contribution >= 4 is 5.91 Å². The zero-order chi connectivity index (χ0) is 10.1. The van der Waals surface area contributed by atoms with Crippen molar-refractivity contribution < 1.29 is 35.8 Å². The standard InChI is InChI=1S/C12H23NO.Na.H/c14-12-10-8-6-4-2-1-3-5-7-9-11-13-12;;/h1-11H2,(H,13,14);;/q;+1;-1. The molecule has 1 N–H and O–H groups in total. The molecule has 0 bridgehead atoms. The molecule has 1 rings (SSSR count). The van der Waals surface area contributed by atoms with E-state index in [1.165, 1.54) is 44.9 Å². The molecule has 0 aromatic carbocycles. The van der Waals surface area contributed by atoms with Gasteiger partial charge < -0.3 is 6.74 Å². The Morgan fingerprint density at radius 1 is 0.800 bits per heavy atom. The Kier molecular flexibility index (Phi) is 11.3. The Labute approximate surface area is 117 Å². The van der Waals surface area contributed by atoms with Gasteiger partial charge in [0.2, 0.25) is 5.91 Å². The summed E-state index contributed by atoms with van der Waals surface area (Å²) in [5.74, 6) is 0.254. The van der Waals surface area contributed by atoms with Crippen LogP contribution in [0.4, 0.5) is 0 Å². The van der Waals surface area contributed by atoms with Gasteiger partial charge >= 0.3 is 29.6 Å². The number of hydrogen-bond donors (Lipinski definition) is 1. The summed E-state index contributed by atoms with van der Waals surface area (Å²) in [6, 6.07) is 0. The first-order chi connectivity index (χ1) is 6.89. The minimum Gasteiger partial charge on any atom is -1.00 e. The van der Waals surface area contributed by atoms with Gasteiger partial charge in [-0.3, -0.25) is 4.79 Å². The molecule has 3 heteroatoms. The van der Waals surface area contributed by atoms with Crippen LogP contribution in [0.3, 0.4) is 0 Å². The van der Waals surface area contributed by atoms with Crippen molar-refractivity contribution in [3.05, 3.63) is 0 Å². The normalized spacial score (nSPS) is 21.2. The molecule has 0 saturated carbocycles. The first-order valence-electron chi connectivity index (χ1n) is 6.16. The van der Waals surface area contributed by atoms with E-state index >= 15 is 0 Å². The second-order valence-corrected chi connectivity index (χ2v) is 4.28. The number of carbonyl (C=O) groups is 1. The van der Waals surface area contributed by atoms with Crippen LogP contribution in [0.2, 0.25) is 0 Å². The van der Waals surface area contributed by atoms with Crippen molar-refractivity contribution in [1.29, 1.82) is 0 Å². The third-order valence-corrected chi connectivity index (χ3v) is 2.90. The van der Waals surface area contributed by atoms with Crippen LogP contribution < -0.4 is 34.9 Å². The summed E-state index contributed by atoms with van der Waals surface area (Å²) in [7, 11) is 0. The maximum Gasteiger partial charge on any atom is 1.00 e. The molecule has 1 amide bonds. The van der Waals surface area contributed by atoms with Gasteiger partial charge in [0, 0.05) is 13.0 Å². The first kappa shape index (κ1) is 15.5. The average Bonchev–Trinajstić information content (AvgIpc) is 2.20. The van der Waals surface area contributed by atoms with Crippen LogP contribution in [0.1, 0.15) is 65.6 Å². The van der Waals surface area contributed by atoms with Crippen molar-refractivity contribution in [3.8, 4) is 0 Å². The summed E-state index contributed by atoms with van der Waals surface area (Å²) in [6.45, 7) is 0.888. The van der Waals surface area contributed by atoms with E-state index in [9.17, 15) is 4.79 Å². The Bertz CT molecular complexity index is 151. The smallest absolute Gasteiger partial charge is 1.00 e. The molecule has 2 nitrogen and oxygen atoms in total. The number of nitrogens with one attached hydrogen (secondary N) is 1. The van der Waals surface area contributed by atoms with Gasteiger partial charge in [0.25, 0.3) is 0 Å². The summed E-state index contributed by atoms with van der Waals surface area (Å²) in [6.07, 6.45) is 12.3. The van der Waals surface area contributed by atoms with Gasteiger partial charge in [-0.15, -0.1) is 0 Å². The van der Waals surface area contributed by atoms with Crippen LogP contribution in [0, 0.1) is 0 Å². The summed E-state index contributed by atoms with van der Waals surface area (Å²) in [4.78, 5) is 11.3. The van der Waals surface area contributed by atoms with Crippen molar-refractivity contribution in [1.82, 2.24) is 5.32 Å². The van der Waals surface area contributed by atoms with Crippen molar-refractivity contribution in [2.45, 2.75) is 64.2 Å². The minimum atomic E-state index is 0. The molecule has 1 aliphatic heterocycles. The molecular formula is C12H24NNaO. The van der Waals surface area contributed by atoms with Gasteiger partial charge in [0.1, 0.15) is 0 Å². The molecule has 1 heterocycles. The van der Waals surface area contributed by atoms with Gasteiger partial charge in [-0.2, -0.15) is 0 Å². The van der Waals surface area contributed by atoms with E-state index in [1.54, 1.807) is 0 Å². The fourth-order valence-corrected chi connectivity index (χ4v) is 1.96. The second kappa shape index (κ2) is 11.0. The zero-order valence-electron chi connectivity index (χ0n) is 11.2. The third-order valence-electron chi connectivity index (χ3n) is 2.90. The summed E-state index contributed by atoms with van der Waals surface area (Å²) < 4.78 is 0. The molecule has 15 heavy (non-hydrogen) atoms. The number of carbonyl (C=O) groups excluding carboxylic acids is 1. The number of amides is 1. The maximum atomic E-state index is 11.3. The average molecular weight is 221 g/mol. The van der Waals surface area contributed by atoms with Crippen molar-refractivity contribution in [2.24, 2.45) is 0 Å². The minimum absolute atomic E-state index is 0. The zero-order valence-corrected chi connectivity index (χ0v) is 12.2. The van der Waals surface area contributed by atoms with Crippen LogP contribution in [-0.4, -0.2) is 12.5 Å². The Hall–Kier alpha value is 0.470.